The highest BCUT2D eigenvalue weighted by Gasteiger charge is 2.32. The van der Waals surface area contributed by atoms with Crippen molar-refractivity contribution in [1.29, 1.82) is 0 Å². The number of likely N-dealkylation sites (tertiary alicyclic amines) is 1. The van der Waals surface area contributed by atoms with E-state index >= 15 is 0 Å². The first-order valence-corrected chi connectivity index (χ1v) is 8.86. The minimum Gasteiger partial charge on any atom is -0.489 e. The number of aromatic nitrogens is 2. The molecule has 25 heavy (non-hydrogen) atoms. The highest BCUT2D eigenvalue weighted by atomic mass is 35.5. The molecular weight excluding hydrogens is 338 g/mol. The standard InChI is InChI=1S/C19H24ClN3O2/c1-3-6-25-19-5-4-16(20)8-15(19)11-23-10-14(18(24)12-23)9-17-7-13(2)21-22-17/h3-5,7-8,14,18,24H,1,6,9-12H2,2H3,(H,21,22)/t14-,18-/m1/s1. The summed E-state index contributed by atoms with van der Waals surface area (Å²) in [6, 6.07) is 7.67. The average molecular weight is 362 g/mol. The van der Waals surface area contributed by atoms with Gasteiger partial charge >= 0.3 is 0 Å². The number of aromatic amines is 1. The van der Waals surface area contributed by atoms with Crippen LogP contribution in [0.2, 0.25) is 5.02 Å². The van der Waals surface area contributed by atoms with Crippen molar-refractivity contribution in [1.82, 2.24) is 15.1 Å². The van der Waals surface area contributed by atoms with Crippen LogP contribution in [0.25, 0.3) is 0 Å². The Morgan fingerprint density at radius 3 is 3.00 bits per heavy atom. The molecule has 6 heteroatoms. The van der Waals surface area contributed by atoms with Crippen LogP contribution in [0.4, 0.5) is 0 Å². The Morgan fingerprint density at radius 2 is 2.28 bits per heavy atom. The number of nitrogens with zero attached hydrogens (tertiary/aromatic N) is 2. The van der Waals surface area contributed by atoms with Crippen LogP contribution in [0.1, 0.15) is 17.0 Å². The third kappa shape index (κ3) is 4.63. The van der Waals surface area contributed by atoms with Gasteiger partial charge in [-0.05, 0) is 37.6 Å². The van der Waals surface area contributed by atoms with E-state index in [0.717, 1.165) is 35.7 Å². The molecule has 5 nitrogen and oxygen atoms in total. The normalized spacial score (nSPS) is 20.8. The third-order valence-electron chi connectivity index (χ3n) is 4.49. The second-order valence-electron chi connectivity index (χ2n) is 6.62. The molecule has 2 heterocycles. The summed E-state index contributed by atoms with van der Waals surface area (Å²) in [6.45, 7) is 8.28. The number of benzene rings is 1. The Hall–Kier alpha value is -1.82. The van der Waals surface area contributed by atoms with Crippen molar-refractivity contribution < 1.29 is 9.84 Å². The smallest absolute Gasteiger partial charge is 0.124 e. The van der Waals surface area contributed by atoms with E-state index in [1.165, 1.54) is 0 Å². The number of aliphatic hydroxyl groups excluding tert-OH is 1. The van der Waals surface area contributed by atoms with Crippen molar-refractivity contribution in [2.75, 3.05) is 19.7 Å². The van der Waals surface area contributed by atoms with Gasteiger partial charge in [-0.3, -0.25) is 10.00 Å². The van der Waals surface area contributed by atoms with Gasteiger partial charge in [0, 0.05) is 41.8 Å². The number of aliphatic hydroxyl groups is 1. The van der Waals surface area contributed by atoms with Gasteiger partial charge in [0.1, 0.15) is 12.4 Å². The lowest BCUT2D eigenvalue weighted by Gasteiger charge is -2.18. The molecule has 0 spiro atoms. The van der Waals surface area contributed by atoms with Crippen LogP contribution >= 0.6 is 11.6 Å². The molecule has 0 saturated carbocycles. The fourth-order valence-electron chi connectivity index (χ4n) is 3.32. The molecule has 1 saturated heterocycles. The van der Waals surface area contributed by atoms with Gasteiger partial charge in [-0.2, -0.15) is 5.10 Å². The number of aryl methyl sites for hydroxylation is 1. The van der Waals surface area contributed by atoms with Gasteiger partial charge in [0.25, 0.3) is 0 Å². The van der Waals surface area contributed by atoms with Crippen LogP contribution in [0.3, 0.4) is 0 Å². The second kappa shape index (κ2) is 8.04. The van der Waals surface area contributed by atoms with Crippen LogP contribution in [0, 0.1) is 12.8 Å². The Kier molecular flexibility index (Phi) is 5.78. The van der Waals surface area contributed by atoms with Crippen LogP contribution in [-0.4, -0.2) is 46.0 Å². The van der Waals surface area contributed by atoms with Crippen molar-refractivity contribution in [3.63, 3.8) is 0 Å². The molecule has 1 aromatic carbocycles. The third-order valence-corrected chi connectivity index (χ3v) is 4.72. The number of nitrogens with one attached hydrogen (secondary N) is 1. The molecule has 2 N–H and O–H groups in total. The summed E-state index contributed by atoms with van der Waals surface area (Å²) >= 11 is 6.15. The molecule has 2 aromatic rings. The van der Waals surface area contributed by atoms with E-state index in [2.05, 4.69) is 21.7 Å². The lowest BCUT2D eigenvalue weighted by atomic mass is 10.0. The van der Waals surface area contributed by atoms with Gasteiger partial charge in [-0.15, -0.1) is 0 Å². The first-order chi connectivity index (χ1) is 12.0. The number of halogens is 1. The van der Waals surface area contributed by atoms with Crippen LogP contribution in [-0.2, 0) is 13.0 Å². The maximum absolute atomic E-state index is 10.4. The monoisotopic (exact) mass is 361 g/mol. The number of rotatable bonds is 7. The van der Waals surface area contributed by atoms with Gasteiger partial charge in [0.15, 0.2) is 0 Å². The summed E-state index contributed by atoms with van der Waals surface area (Å²) in [4.78, 5) is 2.24. The van der Waals surface area contributed by atoms with Crippen LogP contribution in [0.15, 0.2) is 36.9 Å². The minimum atomic E-state index is -0.353. The molecule has 0 radical (unpaired) electrons. The van der Waals surface area contributed by atoms with Gasteiger partial charge < -0.3 is 9.84 Å². The van der Waals surface area contributed by atoms with Crippen LogP contribution < -0.4 is 4.74 Å². The van der Waals surface area contributed by atoms with Gasteiger partial charge in [-0.25, -0.2) is 0 Å². The summed E-state index contributed by atoms with van der Waals surface area (Å²) in [5.41, 5.74) is 3.07. The second-order valence-corrected chi connectivity index (χ2v) is 7.06. The zero-order valence-electron chi connectivity index (χ0n) is 14.4. The molecule has 0 unspecified atom stereocenters. The summed E-state index contributed by atoms with van der Waals surface area (Å²) in [5, 5.41) is 18.3. The Labute approximate surface area is 153 Å². The Morgan fingerprint density at radius 1 is 1.44 bits per heavy atom. The van der Waals surface area contributed by atoms with E-state index < -0.39 is 0 Å². The molecule has 0 amide bonds. The molecule has 0 bridgehead atoms. The number of ether oxygens (including phenoxy) is 1. The van der Waals surface area contributed by atoms with E-state index in [1.807, 2.05) is 31.2 Å². The maximum Gasteiger partial charge on any atom is 0.124 e. The largest absolute Gasteiger partial charge is 0.489 e. The number of β-amino-alcohol motifs (C(OH)–C–C–N with tert-alkyl or cyclic N) is 1. The molecule has 0 aliphatic carbocycles. The topological polar surface area (TPSA) is 61.4 Å². The quantitative estimate of drug-likeness (QED) is 0.744. The van der Waals surface area contributed by atoms with Gasteiger partial charge in [0.2, 0.25) is 0 Å². The molecule has 134 valence electrons. The van der Waals surface area contributed by atoms with E-state index in [-0.39, 0.29) is 12.0 Å². The van der Waals surface area contributed by atoms with Crippen molar-refractivity contribution in [2.45, 2.75) is 26.0 Å². The van der Waals surface area contributed by atoms with E-state index in [4.69, 9.17) is 16.3 Å². The van der Waals surface area contributed by atoms with E-state index in [0.29, 0.717) is 24.7 Å². The zero-order chi connectivity index (χ0) is 17.8. The molecular formula is C19H24ClN3O2. The van der Waals surface area contributed by atoms with Crippen molar-refractivity contribution in [3.05, 3.63) is 58.9 Å². The highest BCUT2D eigenvalue weighted by Crippen LogP contribution is 2.28. The summed E-state index contributed by atoms with van der Waals surface area (Å²) in [7, 11) is 0. The number of hydrogen-bond donors (Lipinski definition) is 2. The van der Waals surface area contributed by atoms with Crippen LogP contribution in [0.5, 0.6) is 5.75 Å². The van der Waals surface area contributed by atoms with E-state index in [9.17, 15) is 5.11 Å². The van der Waals surface area contributed by atoms with Crippen molar-refractivity contribution >= 4 is 11.6 Å². The Balaban J connectivity index is 1.65. The Bertz CT molecular complexity index is 731. The first-order valence-electron chi connectivity index (χ1n) is 8.48. The maximum atomic E-state index is 10.4. The summed E-state index contributed by atoms with van der Waals surface area (Å²) < 4.78 is 5.72. The molecule has 1 fully saturated rings. The lowest BCUT2D eigenvalue weighted by molar-refractivity contribution is 0.140. The van der Waals surface area contributed by atoms with E-state index in [1.54, 1.807) is 6.08 Å². The lowest BCUT2D eigenvalue weighted by Crippen LogP contribution is -2.21. The van der Waals surface area contributed by atoms with Crippen molar-refractivity contribution in [2.24, 2.45) is 5.92 Å². The SMILES string of the molecule is C=CCOc1ccc(Cl)cc1CN1C[C@@H](Cc2cc(C)[nH]n2)[C@H](O)C1. The highest BCUT2D eigenvalue weighted by molar-refractivity contribution is 6.30. The molecule has 1 aliphatic heterocycles. The predicted molar refractivity (Wildman–Crippen MR) is 98.9 cm³/mol. The fraction of sp³-hybridized carbons (Fsp3) is 0.421. The van der Waals surface area contributed by atoms with Crippen molar-refractivity contribution in [3.8, 4) is 5.75 Å². The van der Waals surface area contributed by atoms with Gasteiger partial charge in [-0.1, -0.05) is 24.3 Å². The summed E-state index contributed by atoms with van der Waals surface area (Å²) in [6.07, 6.45) is 2.14. The zero-order valence-corrected chi connectivity index (χ0v) is 15.2. The summed E-state index contributed by atoms with van der Waals surface area (Å²) in [5.74, 6) is 0.990. The first kappa shape index (κ1) is 18.0. The molecule has 1 aliphatic rings. The molecule has 2 atom stereocenters. The number of H-pyrrole nitrogens is 1. The predicted octanol–water partition coefficient (Wildman–Crippen LogP) is 2.97. The average Bonchev–Trinajstić information content (AvgIpc) is 3.13. The minimum absolute atomic E-state index is 0.180. The number of hydrogen-bond acceptors (Lipinski definition) is 4. The van der Waals surface area contributed by atoms with Gasteiger partial charge in [0.05, 0.1) is 11.8 Å². The molecule has 3 rings (SSSR count). The fourth-order valence-corrected chi connectivity index (χ4v) is 3.52. The molecule has 1 aromatic heterocycles.